The third kappa shape index (κ3) is 7.76. The van der Waals surface area contributed by atoms with Gasteiger partial charge in [-0.2, -0.15) is 0 Å². The smallest absolute Gasteiger partial charge is 0.407 e. The molecule has 0 radical (unpaired) electrons. The van der Waals surface area contributed by atoms with Crippen molar-refractivity contribution in [3.05, 3.63) is 0 Å². The first-order valence-electron chi connectivity index (χ1n) is 10.5. The van der Waals surface area contributed by atoms with Crippen molar-refractivity contribution in [3.8, 4) is 0 Å². The highest BCUT2D eigenvalue weighted by molar-refractivity contribution is 5.67. The average molecular weight is 271 g/mol. The molecule has 6 nitrogen and oxygen atoms in total. The number of hydrogen-bond donors (Lipinski definition) is 2. The van der Waals surface area contributed by atoms with E-state index in [1.54, 1.807) is 0 Å². The van der Waals surface area contributed by atoms with E-state index in [9.17, 15) is 9.59 Å². The molecule has 0 spiro atoms. The van der Waals surface area contributed by atoms with Gasteiger partial charge in [-0.3, -0.25) is 0 Å². The molecule has 0 saturated heterocycles. The van der Waals surface area contributed by atoms with E-state index >= 15 is 0 Å². The van der Waals surface area contributed by atoms with Gasteiger partial charge in [-0.15, -0.1) is 0 Å². The van der Waals surface area contributed by atoms with E-state index in [1.165, 1.54) is 13.8 Å². The largest absolute Gasteiger partial charge is 0.449 e. The van der Waals surface area contributed by atoms with E-state index in [-0.39, 0.29) is 0 Å². The summed E-state index contributed by atoms with van der Waals surface area (Å²) in [7, 11) is 0. The molecule has 2 amide bonds. The molecule has 106 valence electrons. The zero-order chi connectivity index (χ0) is 23.9. The van der Waals surface area contributed by atoms with Gasteiger partial charge in [0, 0.05) is 21.1 Å². The molecule has 0 aliphatic carbocycles. The van der Waals surface area contributed by atoms with Gasteiger partial charge in [0.1, 0.15) is 13.1 Å². The van der Waals surface area contributed by atoms with Crippen molar-refractivity contribution in [3.63, 3.8) is 0 Å². The van der Waals surface area contributed by atoms with Crippen LogP contribution in [-0.2, 0) is 9.47 Å². The number of ether oxygens (including phenoxy) is 2. The maximum absolute atomic E-state index is 11.9. The molecule has 6 heteroatoms. The van der Waals surface area contributed by atoms with Gasteiger partial charge < -0.3 is 20.5 Å². The van der Waals surface area contributed by atoms with Crippen molar-refractivity contribution >= 4 is 12.2 Å². The van der Waals surface area contributed by atoms with Crippen LogP contribution in [0.2, 0.25) is 0 Å². The number of nitrogens with two attached hydrogens (primary N) is 1. The quantitative estimate of drug-likeness (QED) is 0.741. The van der Waals surface area contributed by atoms with Crippen LogP contribution in [-0.4, -0.2) is 31.3 Å². The van der Waals surface area contributed by atoms with Crippen molar-refractivity contribution in [1.29, 1.82) is 0 Å². The predicted molar refractivity (Wildman–Crippen MR) is 68.2 cm³/mol. The molecule has 0 bridgehead atoms. The van der Waals surface area contributed by atoms with Gasteiger partial charge in [0.05, 0.1) is 5.48 Å². The third-order valence-electron chi connectivity index (χ3n) is 1.42. The van der Waals surface area contributed by atoms with Crippen molar-refractivity contribution in [2.24, 2.45) is 11.1 Å². The number of carbonyl (C=O) groups excluding carboxylic acids is 2. The lowest BCUT2D eigenvalue weighted by Crippen LogP contribution is -2.37. The van der Waals surface area contributed by atoms with Gasteiger partial charge >= 0.3 is 12.2 Å². The molecular weight excluding hydrogens is 236 g/mol. The molecule has 1 atom stereocenters. The molecule has 0 rings (SSSR count). The van der Waals surface area contributed by atoms with Crippen molar-refractivity contribution in [2.75, 3.05) is 13.1 Å². The van der Waals surface area contributed by atoms with Crippen molar-refractivity contribution in [1.82, 2.24) is 5.32 Å². The van der Waals surface area contributed by atoms with Crippen LogP contribution < -0.4 is 11.1 Å². The summed E-state index contributed by atoms with van der Waals surface area (Å²) in [5.41, 5.74) is 1.19. The summed E-state index contributed by atoms with van der Waals surface area (Å²) in [6.45, 7) is -7.88. The van der Waals surface area contributed by atoms with E-state index in [4.69, 9.17) is 20.8 Å². The second kappa shape index (κ2) is 7.79. The minimum absolute atomic E-state index is 0.405. The standard InChI is InChI=1S/C12H24N2O4/c1-5-6-12(4,7-17-10(13)15)8-18-11(16)14-9(2)3/h9H,5-8H2,1-4H3,(H2,13,15)(H,14,16)/i1D3,5D2,6D2,7D2,8D2. The van der Waals surface area contributed by atoms with Gasteiger partial charge in [0.2, 0.25) is 0 Å². The average Bonchev–Trinajstić information content (AvgIpc) is 2.41. The molecule has 0 fully saturated rings. The van der Waals surface area contributed by atoms with Gasteiger partial charge in [-0.1, -0.05) is 20.1 Å². The minimum Gasteiger partial charge on any atom is -0.449 e. The van der Waals surface area contributed by atoms with Crippen molar-refractivity contribution < 1.29 is 34.1 Å². The fraction of sp³-hybridized carbons (Fsp3) is 0.833. The van der Waals surface area contributed by atoms with E-state index in [1.807, 2.05) is 0 Å². The third-order valence-corrected chi connectivity index (χ3v) is 1.42. The molecule has 0 aliphatic heterocycles. The minimum atomic E-state index is -3.95. The predicted octanol–water partition coefficient (Wildman–Crippen LogP) is 2.02. The highest BCUT2D eigenvalue weighted by Crippen LogP contribution is 2.24. The Balaban J connectivity index is 6.81. The summed E-state index contributed by atoms with van der Waals surface area (Å²) in [4.78, 5) is 23.0. The van der Waals surface area contributed by atoms with E-state index in [0.717, 1.165) is 0 Å². The van der Waals surface area contributed by atoms with E-state index < -0.39 is 56.4 Å². The lowest BCUT2D eigenvalue weighted by Gasteiger charge is -2.27. The summed E-state index contributed by atoms with van der Waals surface area (Å²) in [6, 6.07) is -0.575. The van der Waals surface area contributed by atoms with Crippen LogP contribution in [0.15, 0.2) is 0 Å². The monoisotopic (exact) mass is 271 g/mol. The first kappa shape index (κ1) is 5.67. The molecule has 1 unspecified atom stereocenters. The summed E-state index contributed by atoms with van der Waals surface area (Å²) < 4.78 is 94.0. The Morgan fingerprint density at radius 1 is 1.44 bits per heavy atom. The Bertz CT molecular complexity index is 636. The molecule has 18 heavy (non-hydrogen) atoms. The van der Waals surface area contributed by atoms with E-state index in [0.29, 0.717) is 6.92 Å². The second-order valence-corrected chi connectivity index (χ2v) is 3.69. The number of alkyl carbamates (subject to hydrolysis) is 1. The Labute approximate surface area is 124 Å². The molecule has 0 heterocycles. The van der Waals surface area contributed by atoms with E-state index in [2.05, 4.69) is 14.8 Å². The maximum Gasteiger partial charge on any atom is 0.407 e. The normalized spacial score (nSPS) is 26.8. The van der Waals surface area contributed by atoms with Crippen LogP contribution in [0.25, 0.3) is 0 Å². The topological polar surface area (TPSA) is 90.7 Å². The zero-order valence-corrected chi connectivity index (χ0v) is 10.3. The van der Waals surface area contributed by atoms with Gasteiger partial charge in [-0.05, 0) is 20.2 Å². The van der Waals surface area contributed by atoms with Gasteiger partial charge in [0.25, 0.3) is 0 Å². The maximum atomic E-state index is 11.9. The van der Waals surface area contributed by atoms with Crippen LogP contribution in [0.5, 0.6) is 0 Å². The molecule has 0 aromatic heterocycles. The highest BCUT2D eigenvalue weighted by Gasteiger charge is 2.27. The molecular formula is C12H24N2O4. The van der Waals surface area contributed by atoms with Gasteiger partial charge in [0.15, 0.2) is 0 Å². The lowest BCUT2D eigenvalue weighted by atomic mass is 9.87. The molecule has 0 aromatic carbocycles. The van der Waals surface area contributed by atoms with Crippen LogP contribution in [0.3, 0.4) is 0 Å². The van der Waals surface area contributed by atoms with Crippen LogP contribution in [0.1, 0.15) is 55.4 Å². The first-order chi connectivity index (χ1) is 12.5. The summed E-state index contributed by atoms with van der Waals surface area (Å²) in [5, 5.41) is 2.10. The number of primary amides is 1. The number of amides is 2. The van der Waals surface area contributed by atoms with Gasteiger partial charge in [-0.25, -0.2) is 9.59 Å². The molecule has 0 aliphatic rings. The highest BCUT2D eigenvalue weighted by atomic mass is 16.6. The number of rotatable bonds is 7. The number of carbonyl (C=O) groups is 2. The Hall–Kier alpha value is -1.46. The zero-order valence-electron chi connectivity index (χ0n) is 21.3. The number of hydrogen-bond acceptors (Lipinski definition) is 4. The number of nitrogens with one attached hydrogen (secondary N) is 1. The van der Waals surface area contributed by atoms with Crippen molar-refractivity contribution in [2.45, 2.75) is 46.4 Å². The molecule has 0 saturated carbocycles. The Morgan fingerprint density at radius 3 is 2.56 bits per heavy atom. The van der Waals surface area contributed by atoms with Crippen LogP contribution in [0, 0.1) is 5.41 Å². The fourth-order valence-corrected chi connectivity index (χ4v) is 0.763. The van der Waals surface area contributed by atoms with Crippen LogP contribution >= 0.6 is 0 Å². The fourth-order valence-electron chi connectivity index (χ4n) is 0.763. The van der Waals surface area contributed by atoms with Crippen LogP contribution in [0.4, 0.5) is 9.59 Å². The lowest BCUT2D eigenvalue weighted by molar-refractivity contribution is 0.0333. The molecule has 0 aromatic rings. The summed E-state index contributed by atoms with van der Waals surface area (Å²) in [6.07, 6.45) is -11.1. The first-order valence-corrected chi connectivity index (χ1v) is 4.96. The molecule has 3 N–H and O–H groups in total. The SMILES string of the molecule is [2H]C([2H])([2H])C([2H])([2H])C([2H])([2H])C(C)(C([2H])([2H])OC(N)=O)C([2H])([2H])OC(=O)NC(C)C. The Kier molecular flexibility index (Phi) is 2.45. The Morgan fingerprint density at radius 2 is 2.06 bits per heavy atom. The summed E-state index contributed by atoms with van der Waals surface area (Å²) in [5.74, 6) is 0. The second-order valence-electron chi connectivity index (χ2n) is 3.69. The summed E-state index contributed by atoms with van der Waals surface area (Å²) >= 11 is 0.